The molecule has 194 valence electrons. The Hall–Kier alpha value is -2.59. The molecule has 1 spiro atoms. The average Bonchev–Trinajstić information content (AvgIpc) is 3.13. The van der Waals surface area contributed by atoms with Crippen molar-refractivity contribution in [2.45, 2.75) is 57.5 Å². The largest absolute Gasteiger partial charge is 0.490 e. The number of halogens is 4. The Morgan fingerprint density at radius 2 is 1.80 bits per heavy atom. The van der Waals surface area contributed by atoms with Crippen LogP contribution in [-0.2, 0) is 18.3 Å². The summed E-state index contributed by atoms with van der Waals surface area (Å²) in [7, 11) is 1.80. The van der Waals surface area contributed by atoms with Crippen molar-refractivity contribution >= 4 is 5.91 Å². The molecule has 3 heterocycles. The Bertz CT molecular complexity index is 1120. The molecule has 6 nitrogen and oxygen atoms in total. The van der Waals surface area contributed by atoms with Crippen LogP contribution in [0.3, 0.4) is 0 Å². The van der Waals surface area contributed by atoms with Gasteiger partial charge >= 0.3 is 6.18 Å². The second-order valence-electron chi connectivity index (χ2n) is 10.2. The van der Waals surface area contributed by atoms with Crippen molar-refractivity contribution in [3.63, 3.8) is 0 Å². The molecule has 2 aliphatic heterocycles. The highest BCUT2D eigenvalue weighted by molar-refractivity contribution is 5.94. The molecular formula is C25H33F4N3O3. The van der Waals surface area contributed by atoms with Crippen LogP contribution in [0.5, 0.6) is 5.75 Å². The van der Waals surface area contributed by atoms with Crippen LogP contribution >= 0.6 is 0 Å². The summed E-state index contributed by atoms with van der Waals surface area (Å²) in [6, 6.07) is 5.67. The molecule has 0 aliphatic carbocycles. The molecule has 0 saturated carbocycles. The van der Waals surface area contributed by atoms with Crippen LogP contribution < -0.4 is 4.74 Å². The molecule has 10 heteroatoms. The van der Waals surface area contributed by atoms with E-state index in [1.54, 1.807) is 44.0 Å². The van der Waals surface area contributed by atoms with Crippen molar-refractivity contribution in [3.8, 4) is 5.75 Å². The molecule has 0 atom stereocenters. The minimum absolute atomic E-state index is 0. The van der Waals surface area contributed by atoms with Gasteiger partial charge in [-0.05, 0) is 64.4 Å². The number of aromatic nitrogens is 1. The van der Waals surface area contributed by atoms with E-state index in [-0.39, 0.29) is 26.2 Å². The Labute approximate surface area is 203 Å². The number of hydrogen-bond acceptors (Lipinski definition) is 4. The van der Waals surface area contributed by atoms with Gasteiger partial charge in [0, 0.05) is 39.2 Å². The Morgan fingerprint density at radius 1 is 1.14 bits per heavy atom. The first kappa shape index (κ1) is 25.5. The van der Waals surface area contributed by atoms with Crippen molar-refractivity contribution in [2.75, 3.05) is 33.3 Å². The molecule has 1 amide bonds. The Balaban J connectivity index is 0.00000361. The number of benzene rings is 1. The van der Waals surface area contributed by atoms with Gasteiger partial charge in [0.15, 0.2) is 0 Å². The smallest absolute Gasteiger partial charge is 0.431 e. The van der Waals surface area contributed by atoms with E-state index >= 15 is 0 Å². The average molecular weight is 500 g/mol. The quantitative estimate of drug-likeness (QED) is 0.633. The second kappa shape index (κ2) is 8.81. The lowest BCUT2D eigenvalue weighted by atomic mass is 9.81. The summed E-state index contributed by atoms with van der Waals surface area (Å²) < 4.78 is 62.1. The van der Waals surface area contributed by atoms with Crippen LogP contribution in [0.2, 0.25) is 0 Å². The fraction of sp³-hybridized carbons (Fsp3) is 0.560. The van der Waals surface area contributed by atoms with Crippen molar-refractivity contribution < 1.29 is 33.6 Å². The van der Waals surface area contributed by atoms with Gasteiger partial charge in [-0.15, -0.1) is 0 Å². The normalized spacial score (nSPS) is 18.6. The van der Waals surface area contributed by atoms with Gasteiger partial charge in [-0.1, -0.05) is 0 Å². The van der Waals surface area contributed by atoms with E-state index in [1.165, 1.54) is 0 Å². The predicted molar refractivity (Wildman–Crippen MR) is 124 cm³/mol. The molecule has 1 N–H and O–H groups in total. The van der Waals surface area contributed by atoms with Crippen molar-refractivity contribution in [1.82, 2.24) is 14.4 Å². The maximum absolute atomic E-state index is 14.9. The van der Waals surface area contributed by atoms with Gasteiger partial charge in [0.1, 0.15) is 23.9 Å². The van der Waals surface area contributed by atoms with E-state index in [9.17, 15) is 27.5 Å². The molecule has 0 bridgehead atoms. The van der Waals surface area contributed by atoms with E-state index in [0.29, 0.717) is 49.9 Å². The molecule has 1 aromatic heterocycles. The zero-order chi connectivity index (χ0) is 25.8. The number of alkyl halides is 3. The number of likely N-dealkylation sites (N-methyl/N-ethyl adjacent to an activating group) is 1. The standard InChI is InChI=1S/C25H31F4N3O3.H2/c1-16-13-17(5-6-19(16)35-15-23(2,3)34)22(33)31-9-7-24(8-10-31)21-18(26)14-20(25(27,28)29)32(21)12-11-30(24)4;/h5-6,13-14,34H,7-12,15H2,1-4H3;1H. The van der Waals surface area contributed by atoms with Gasteiger partial charge in [0.2, 0.25) is 0 Å². The molecule has 1 fully saturated rings. The first-order valence-electron chi connectivity index (χ1n) is 11.7. The predicted octanol–water partition coefficient (Wildman–Crippen LogP) is 4.43. The van der Waals surface area contributed by atoms with Gasteiger partial charge in [-0.2, -0.15) is 13.2 Å². The highest BCUT2D eigenvalue weighted by Crippen LogP contribution is 2.45. The molecule has 1 saturated heterocycles. The molecule has 0 unspecified atom stereocenters. The van der Waals surface area contributed by atoms with E-state index in [2.05, 4.69) is 0 Å². The number of hydrogen-bond donors (Lipinski definition) is 1. The molecule has 2 aromatic rings. The first-order chi connectivity index (χ1) is 16.2. The topological polar surface area (TPSA) is 57.9 Å². The molecule has 35 heavy (non-hydrogen) atoms. The van der Waals surface area contributed by atoms with Crippen molar-refractivity contribution in [1.29, 1.82) is 0 Å². The number of likely N-dealkylation sites (tertiary alicyclic amines) is 1. The van der Waals surface area contributed by atoms with Gasteiger partial charge in [-0.25, -0.2) is 4.39 Å². The summed E-state index contributed by atoms with van der Waals surface area (Å²) >= 11 is 0. The van der Waals surface area contributed by atoms with Crippen LogP contribution in [0.1, 0.15) is 55.4 Å². The minimum atomic E-state index is -4.63. The maximum Gasteiger partial charge on any atom is 0.431 e. The molecular weight excluding hydrogens is 466 g/mol. The van der Waals surface area contributed by atoms with Gasteiger partial charge < -0.3 is 19.3 Å². The fourth-order valence-electron chi connectivity index (χ4n) is 5.18. The van der Waals surface area contributed by atoms with Crippen LogP contribution in [0.25, 0.3) is 0 Å². The monoisotopic (exact) mass is 499 g/mol. The summed E-state index contributed by atoms with van der Waals surface area (Å²) in [4.78, 5) is 16.8. The first-order valence-corrected chi connectivity index (χ1v) is 11.7. The maximum atomic E-state index is 14.9. The summed E-state index contributed by atoms with van der Waals surface area (Å²) in [5, 5.41) is 9.86. The van der Waals surface area contributed by atoms with Crippen LogP contribution in [0, 0.1) is 12.7 Å². The third kappa shape index (κ3) is 4.78. The van der Waals surface area contributed by atoms with E-state index in [1.807, 2.05) is 11.8 Å². The second-order valence-corrected chi connectivity index (χ2v) is 10.2. The number of amides is 1. The molecule has 1 aromatic carbocycles. The lowest BCUT2D eigenvalue weighted by molar-refractivity contribution is -0.144. The summed E-state index contributed by atoms with van der Waals surface area (Å²) in [6.45, 7) is 6.22. The number of aryl methyl sites for hydroxylation is 1. The summed E-state index contributed by atoms with van der Waals surface area (Å²) in [5.74, 6) is -0.468. The van der Waals surface area contributed by atoms with Gasteiger partial charge in [0.25, 0.3) is 5.91 Å². The van der Waals surface area contributed by atoms with Crippen LogP contribution in [0.15, 0.2) is 24.3 Å². The number of aliphatic hydroxyl groups is 1. The zero-order valence-corrected chi connectivity index (χ0v) is 20.4. The number of carbonyl (C=O) groups excluding carboxylic acids is 1. The number of piperidine rings is 1. The lowest BCUT2D eigenvalue weighted by Crippen LogP contribution is -2.57. The number of nitrogens with zero attached hydrogens (tertiary/aromatic N) is 3. The lowest BCUT2D eigenvalue weighted by Gasteiger charge is -2.50. The number of carbonyl (C=O) groups is 1. The minimum Gasteiger partial charge on any atom is -0.490 e. The third-order valence-electron chi connectivity index (χ3n) is 7.05. The number of ether oxygens (including phenoxy) is 1. The van der Waals surface area contributed by atoms with E-state index < -0.39 is 28.8 Å². The Morgan fingerprint density at radius 3 is 2.37 bits per heavy atom. The molecule has 0 radical (unpaired) electrons. The third-order valence-corrected chi connectivity index (χ3v) is 7.05. The van der Waals surface area contributed by atoms with Crippen molar-refractivity contribution in [3.05, 3.63) is 52.6 Å². The zero-order valence-electron chi connectivity index (χ0n) is 20.4. The van der Waals surface area contributed by atoms with Crippen molar-refractivity contribution in [2.24, 2.45) is 0 Å². The SMILES string of the molecule is Cc1cc(C(=O)N2CCC3(CC2)c2c(F)cc(C(F)(F)F)n2CCN3C)ccc1OCC(C)(C)O.[HH]. The van der Waals surface area contributed by atoms with E-state index in [4.69, 9.17) is 4.74 Å². The van der Waals surface area contributed by atoms with Gasteiger partial charge in [0.05, 0.1) is 16.8 Å². The molecule has 4 rings (SSSR count). The summed E-state index contributed by atoms with van der Waals surface area (Å²) in [5.41, 5.74) is -1.56. The summed E-state index contributed by atoms with van der Waals surface area (Å²) in [6.07, 6.45) is -3.97. The highest BCUT2D eigenvalue weighted by Gasteiger charge is 2.49. The number of rotatable bonds is 4. The molecule has 2 aliphatic rings. The van der Waals surface area contributed by atoms with Crippen LogP contribution in [-0.4, -0.2) is 64.3 Å². The van der Waals surface area contributed by atoms with Crippen LogP contribution in [0.4, 0.5) is 17.6 Å². The fourth-order valence-corrected chi connectivity index (χ4v) is 5.18. The number of fused-ring (bicyclic) bond motifs is 2. The Kier molecular flexibility index (Phi) is 6.42. The highest BCUT2D eigenvalue weighted by atomic mass is 19.4. The van der Waals surface area contributed by atoms with Gasteiger partial charge in [-0.3, -0.25) is 9.69 Å². The van der Waals surface area contributed by atoms with E-state index in [0.717, 1.165) is 10.1 Å².